The fourth-order valence-corrected chi connectivity index (χ4v) is 2.37. The van der Waals surface area contributed by atoms with Gasteiger partial charge in [0.1, 0.15) is 5.60 Å². The summed E-state index contributed by atoms with van der Waals surface area (Å²) >= 11 is 0. The third-order valence-corrected chi connectivity index (χ3v) is 3.32. The smallest absolute Gasteiger partial charge is 0.130 e. The quantitative estimate of drug-likeness (QED) is 0.772. The molecule has 1 aliphatic rings. The van der Waals surface area contributed by atoms with Crippen LogP contribution in [0.3, 0.4) is 0 Å². The third-order valence-electron chi connectivity index (χ3n) is 3.32. The van der Waals surface area contributed by atoms with Crippen molar-refractivity contribution in [3.63, 3.8) is 0 Å². The number of aliphatic carboxylic acids is 1. The van der Waals surface area contributed by atoms with Gasteiger partial charge >= 0.3 is 0 Å². The number of carboxylic acids is 1. The second-order valence-corrected chi connectivity index (χ2v) is 4.60. The van der Waals surface area contributed by atoms with Crippen LogP contribution in [0.25, 0.3) is 0 Å². The first-order valence-corrected chi connectivity index (χ1v) is 6.38. The first kappa shape index (κ1) is 13.6. The number of carboxylic acid groups (broad SMARTS) is 1. The average molecular weight is 257 g/mol. The normalized spacial score (nSPS) is 25.5. The Balaban J connectivity index is 2.42. The Morgan fingerprint density at radius 1 is 1.32 bits per heavy atom. The molecule has 0 atom stereocenters. The van der Waals surface area contributed by atoms with E-state index in [2.05, 4.69) is 0 Å². The molecule has 1 aliphatic carbocycles. The van der Waals surface area contributed by atoms with Crippen LogP contribution in [0.15, 0.2) is 48.6 Å². The molecular weight excluding hydrogens is 240 g/mol. The predicted molar refractivity (Wildman–Crippen MR) is 71.3 cm³/mol. The molecule has 2 rings (SSSR count). The molecule has 3 heteroatoms. The summed E-state index contributed by atoms with van der Waals surface area (Å²) in [6.07, 6.45) is 6.85. The average Bonchev–Trinajstić information content (AvgIpc) is 2.40. The van der Waals surface area contributed by atoms with Crippen LogP contribution in [0.5, 0.6) is 0 Å². The minimum absolute atomic E-state index is 0.541. The lowest BCUT2D eigenvalue weighted by Gasteiger charge is -2.32. The lowest BCUT2D eigenvalue weighted by Crippen LogP contribution is -2.34. The fraction of sp³-hybridized carbons (Fsp3) is 0.312. The Bertz CT molecular complexity index is 515. The van der Waals surface area contributed by atoms with E-state index in [0.29, 0.717) is 6.61 Å². The maximum atomic E-state index is 10.9. The molecule has 0 fully saturated rings. The summed E-state index contributed by atoms with van der Waals surface area (Å²) in [5.74, 6) is -1.78. The fourth-order valence-electron chi connectivity index (χ4n) is 2.37. The van der Waals surface area contributed by atoms with E-state index in [1.165, 1.54) is 0 Å². The molecular formula is C16H17O3-. The first-order chi connectivity index (χ1) is 9.09. The standard InChI is InChI=1S/C16H18O3/c1-3-19-16(14-7-5-4-6-12(14)2)10-8-13(9-11-16)15(17)18/h4-11,13H,3H2,1-2H3,(H,17,18)/p-1. The van der Waals surface area contributed by atoms with Crippen molar-refractivity contribution in [3.05, 3.63) is 59.7 Å². The molecule has 0 saturated heterocycles. The molecule has 3 nitrogen and oxygen atoms in total. The molecule has 0 bridgehead atoms. The molecule has 100 valence electrons. The van der Waals surface area contributed by atoms with Crippen molar-refractivity contribution in [2.75, 3.05) is 6.61 Å². The largest absolute Gasteiger partial charge is 0.549 e. The summed E-state index contributed by atoms with van der Waals surface area (Å²) < 4.78 is 5.88. The van der Waals surface area contributed by atoms with Crippen LogP contribution in [0, 0.1) is 12.8 Å². The Kier molecular flexibility index (Phi) is 3.86. The SMILES string of the molecule is CCOC1(c2ccccc2C)C=CC(C(=O)[O-])C=C1. The van der Waals surface area contributed by atoms with Gasteiger partial charge in [-0.1, -0.05) is 36.4 Å². The number of carbonyl (C=O) groups is 1. The number of carbonyl (C=O) groups excluding carboxylic acids is 1. The summed E-state index contributed by atoms with van der Waals surface area (Å²) in [5, 5.41) is 10.9. The van der Waals surface area contributed by atoms with Crippen LogP contribution in [-0.2, 0) is 15.1 Å². The summed E-state index contributed by atoms with van der Waals surface area (Å²) in [5.41, 5.74) is 1.46. The van der Waals surface area contributed by atoms with E-state index in [9.17, 15) is 9.90 Å². The molecule has 0 saturated carbocycles. The van der Waals surface area contributed by atoms with Gasteiger partial charge in [-0.2, -0.15) is 0 Å². The monoisotopic (exact) mass is 257 g/mol. The molecule has 0 spiro atoms. The van der Waals surface area contributed by atoms with Crippen LogP contribution >= 0.6 is 0 Å². The molecule has 0 N–H and O–H groups in total. The predicted octanol–water partition coefficient (Wildman–Crippen LogP) is 1.72. The molecule has 0 radical (unpaired) electrons. The minimum atomic E-state index is -1.10. The van der Waals surface area contributed by atoms with E-state index in [0.717, 1.165) is 11.1 Å². The lowest BCUT2D eigenvalue weighted by molar-refractivity contribution is -0.308. The van der Waals surface area contributed by atoms with Crippen LogP contribution < -0.4 is 5.11 Å². The van der Waals surface area contributed by atoms with Crippen molar-refractivity contribution < 1.29 is 14.6 Å². The van der Waals surface area contributed by atoms with Crippen molar-refractivity contribution in [3.8, 4) is 0 Å². The minimum Gasteiger partial charge on any atom is -0.549 e. The summed E-state index contributed by atoms with van der Waals surface area (Å²) in [4.78, 5) is 10.9. The van der Waals surface area contributed by atoms with Gasteiger partial charge in [-0.25, -0.2) is 0 Å². The third kappa shape index (κ3) is 2.61. The van der Waals surface area contributed by atoms with E-state index in [4.69, 9.17) is 4.74 Å². The maximum Gasteiger partial charge on any atom is 0.130 e. The van der Waals surface area contributed by atoms with E-state index in [1.807, 2.05) is 38.1 Å². The zero-order chi connectivity index (χ0) is 13.9. The molecule has 1 aromatic carbocycles. The summed E-state index contributed by atoms with van der Waals surface area (Å²) in [7, 11) is 0. The zero-order valence-corrected chi connectivity index (χ0v) is 11.1. The Morgan fingerprint density at radius 2 is 1.95 bits per heavy atom. The first-order valence-electron chi connectivity index (χ1n) is 6.38. The van der Waals surface area contributed by atoms with Gasteiger partial charge in [0.05, 0.1) is 5.97 Å². The molecule has 19 heavy (non-hydrogen) atoms. The highest BCUT2D eigenvalue weighted by atomic mass is 16.5. The number of hydrogen-bond donors (Lipinski definition) is 0. The highest BCUT2D eigenvalue weighted by Gasteiger charge is 2.31. The van der Waals surface area contributed by atoms with Gasteiger partial charge in [0, 0.05) is 12.5 Å². The molecule has 1 aromatic rings. The molecule has 0 aliphatic heterocycles. The van der Waals surface area contributed by atoms with Gasteiger partial charge < -0.3 is 14.6 Å². The number of rotatable bonds is 4. The summed E-state index contributed by atoms with van der Waals surface area (Å²) in [6, 6.07) is 7.94. The van der Waals surface area contributed by atoms with Gasteiger partial charge in [0.15, 0.2) is 0 Å². The highest BCUT2D eigenvalue weighted by Crippen LogP contribution is 2.35. The number of hydrogen-bond acceptors (Lipinski definition) is 3. The maximum absolute atomic E-state index is 10.9. The Labute approximate surface area is 113 Å². The summed E-state index contributed by atoms with van der Waals surface area (Å²) in [6.45, 7) is 4.48. The van der Waals surface area contributed by atoms with Crippen molar-refractivity contribution in [1.29, 1.82) is 0 Å². The van der Waals surface area contributed by atoms with Crippen LogP contribution in [0.4, 0.5) is 0 Å². The molecule has 0 unspecified atom stereocenters. The van der Waals surface area contributed by atoms with E-state index in [-0.39, 0.29) is 0 Å². The second kappa shape index (κ2) is 5.41. The van der Waals surface area contributed by atoms with Gasteiger partial charge in [0.2, 0.25) is 0 Å². The Morgan fingerprint density at radius 3 is 2.47 bits per heavy atom. The lowest BCUT2D eigenvalue weighted by atomic mass is 9.84. The van der Waals surface area contributed by atoms with E-state index in [1.54, 1.807) is 24.3 Å². The van der Waals surface area contributed by atoms with Gasteiger partial charge in [-0.05, 0) is 37.1 Å². The number of ether oxygens (including phenoxy) is 1. The highest BCUT2D eigenvalue weighted by molar-refractivity contribution is 5.73. The second-order valence-electron chi connectivity index (χ2n) is 4.60. The van der Waals surface area contributed by atoms with Gasteiger partial charge in [-0.3, -0.25) is 0 Å². The number of aryl methyl sites for hydroxylation is 1. The molecule has 0 heterocycles. The number of benzene rings is 1. The van der Waals surface area contributed by atoms with Crippen LogP contribution in [0.2, 0.25) is 0 Å². The van der Waals surface area contributed by atoms with Crippen molar-refractivity contribution in [2.24, 2.45) is 5.92 Å². The van der Waals surface area contributed by atoms with Crippen molar-refractivity contribution in [2.45, 2.75) is 19.4 Å². The van der Waals surface area contributed by atoms with E-state index >= 15 is 0 Å². The van der Waals surface area contributed by atoms with Crippen molar-refractivity contribution in [1.82, 2.24) is 0 Å². The Hall–Kier alpha value is -1.87. The molecule has 0 aromatic heterocycles. The molecule has 0 amide bonds. The van der Waals surface area contributed by atoms with Gasteiger partial charge in [-0.15, -0.1) is 0 Å². The zero-order valence-electron chi connectivity index (χ0n) is 11.1. The van der Waals surface area contributed by atoms with Gasteiger partial charge in [0.25, 0.3) is 0 Å². The van der Waals surface area contributed by atoms with Crippen molar-refractivity contribution >= 4 is 5.97 Å². The van der Waals surface area contributed by atoms with Crippen LogP contribution in [0.1, 0.15) is 18.1 Å². The van der Waals surface area contributed by atoms with E-state index < -0.39 is 17.5 Å². The topological polar surface area (TPSA) is 49.4 Å². The van der Waals surface area contributed by atoms with Crippen LogP contribution in [-0.4, -0.2) is 12.6 Å².